The Balaban J connectivity index is 1.85. The number of aryl methyl sites for hydroxylation is 1. The van der Waals surface area contributed by atoms with Crippen LogP contribution in [0.4, 0.5) is 0 Å². The zero-order chi connectivity index (χ0) is 14.8. The summed E-state index contributed by atoms with van der Waals surface area (Å²) in [4.78, 5) is 0. The largest absolute Gasteiger partial charge is 0.341 e. The van der Waals surface area contributed by atoms with Crippen molar-refractivity contribution >= 4 is 10.9 Å². The van der Waals surface area contributed by atoms with Crippen LogP contribution in [-0.4, -0.2) is 25.6 Å². The fourth-order valence-corrected chi connectivity index (χ4v) is 2.60. The average Bonchev–Trinajstić information content (AvgIpc) is 3.06. The van der Waals surface area contributed by atoms with E-state index in [1.807, 2.05) is 13.2 Å². The molecule has 2 heterocycles. The van der Waals surface area contributed by atoms with Gasteiger partial charge in [0.15, 0.2) is 0 Å². The summed E-state index contributed by atoms with van der Waals surface area (Å²) >= 11 is 0. The average molecular weight is 283 g/mol. The van der Waals surface area contributed by atoms with E-state index in [0.29, 0.717) is 0 Å². The first-order valence-electron chi connectivity index (χ1n) is 7.34. The summed E-state index contributed by atoms with van der Waals surface area (Å²) in [6, 6.07) is 8.96. The number of nitrogens with two attached hydrogens (primary N) is 1. The molecular formula is C16H21N5. The van der Waals surface area contributed by atoms with E-state index in [1.165, 1.54) is 16.5 Å². The predicted octanol–water partition coefficient (Wildman–Crippen LogP) is 2.10. The molecule has 21 heavy (non-hydrogen) atoms. The van der Waals surface area contributed by atoms with Crippen LogP contribution in [0.3, 0.4) is 0 Å². The standard InChI is InChI=1S/C16H21N5/c1-3-14(17)9-12-4-5-16-13(8-12)6-7-21(16)11-15-10-20(2)19-18-15/h4-8,10,14H,3,9,11,17H2,1-2H3. The van der Waals surface area contributed by atoms with Gasteiger partial charge < -0.3 is 10.3 Å². The van der Waals surface area contributed by atoms with Crippen LogP contribution in [0.1, 0.15) is 24.6 Å². The molecule has 3 rings (SSSR count). The van der Waals surface area contributed by atoms with Crippen LogP contribution >= 0.6 is 0 Å². The topological polar surface area (TPSA) is 61.7 Å². The SMILES string of the molecule is CCC(N)Cc1ccc2c(ccn2Cc2cn(C)nn2)c1. The Morgan fingerprint density at radius 3 is 2.86 bits per heavy atom. The lowest BCUT2D eigenvalue weighted by Gasteiger charge is -2.09. The molecule has 2 N–H and O–H groups in total. The third-order valence-electron chi connectivity index (χ3n) is 3.84. The Morgan fingerprint density at radius 2 is 2.14 bits per heavy atom. The van der Waals surface area contributed by atoms with E-state index in [0.717, 1.165) is 25.1 Å². The van der Waals surface area contributed by atoms with Crippen molar-refractivity contribution in [3.63, 3.8) is 0 Å². The highest BCUT2D eigenvalue weighted by atomic mass is 15.4. The molecule has 110 valence electrons. The van der Waals surface area contributed by atoms with Crippen molar-refractivity contribution in [2.45, 2.75) is 32.4 Å². The first-order chi connectivity index (χ1) is 10.2. The van der Waals surface area contributed by atoms with Crippen LogP contribution in [0.2, 0.25) is 0 Å². The monoisotopic (exact) mass is 283 g/mol. The lowest BCUT2D eigenvalue weighted by molar-refractivity contribution is 0.647. The van der Waals surface area contributed by atoms with Gasteiger partial charge in [0.05, 0.1) is 6.54 Å². The van der Waals surface area contributed by atoms with Gasteiger partial charge in [0.1, 0.15) is 5.69 Å². The number of hydrogen-bond acceptors (Lipinski definition) is 3. The second kappa shape index (κ2) is 5.69. The summed E-state index contributed by atoms with van der Waals surface area (Å²) in [5.74, 6) is 0. The third-order valence-corrected chi connectivity index (χ3v) is 3.84. The molecule has 5 heteroatoms. The maximum atomic E-state index is 6.04. The van der Waals surface area contributed by atoms with Crippen molar-refractivity contribution in [2.24, 2.45) is 12.8 Å². The van der Waals surface area contributed by atoms with Crippen molar-refractivity contribution in [1.82, 2.24) is 19.6 Å². The summed E-state index contributed by atoms with van der Waals surface area (Å²) in [5.41, 5.74) is 9.52. The molecule has 1 unspecified atom stereocenters. The van der Waals surface area contributed by atoms with Crippen molar-refractivity contribution < 1.29 is 0 Å². The third kappa shape index (κ3) is 2.97. The lowest BCUT2D eigenvalue weighted by Crippen LogP contribution is -2.21. The van der Waals surface area contributed by atoms with Crippen molar-refractivity contribution in [3.05, 3.63) is 47.9 Å². The Labute approximate surface area is 124 Å². The summed E-state index contributed by atoms with van der Waals surface area (Å²) in [6.07, 6.45) is 5.98. The van der Waals surface area contributed by atoms with Crippen LogP contribution in [0.5, 0.6) is 0 Å². The molecule has 5 nitrogen and oxygen atoms in total. The van der Waals surface area contributed by atoms with Crippen LogP contribution in [-0.2, 0) is 20.0 Å². The summed E-state index contributed by atoms with van der Waals surface area (Å²) in [6.45, 7) is 2.87. The fraction of sp³-hybridized carbons (Fsp3) is 0.375. The van der Waals surface area contributed by atoms with Crippen LogP contribution in [0.25, 0.3) is 10.9 Å². The van der Waals surface area contributed by atoms with Crippen LogP contribution in [0, 0.1) is 0 Å². The summed E-state index contributed by atoms with van der Waals surface area (Å²) in [7, 11) is 1.88. The van der Waals surface area contributed by atoms with Gasteiger partial charge in [-0.2, -0.15) is 0 Å². The van der Waals surface area contributed by atoms with E-state index in [9.17, 15) is 0 Å². The van der Waals surface area contributed by atoms with Crippen molar-refractivity contribution in [2.75, 3.05) is 0 Å². The van der Waals surface area contributed by atoms with Gasteiger partial charge >= 0.3 is 0 Å². The molecule has 0 saturated heterocycles. The fourth-order valence-electron chi connectivity index (χ4n) is 2.60. The molecule has 0 saturated carbocycles. The van der Waals surface area contributed by atoms with E-state index < -0.39 is 0 Å². The minimum absolute atomic E-state index is 0.240. The summed E-state index contributed by atoms with van der Waals surface area (Å²) < 4.78 is 3.92. The number of fused-ring (bicyclic) bond motifs is 1. The van der Waals surface area contributed by atoms with Gasteiger partial charge in [-0.25, -0.2) is 0 Å². The van der Waals surface area contributed by atoms with Gasteiger partial charge in [-0.1, -0.05) is 18.2 Å². The maximum Gasteiger partial charge on any atom is 0.102 e. The lowest BCUT2D eigenvalue weighted by atomic mass is 10.0. The van der Waals surface area contributed by atoms with E-state index in [1.54, 1.807) is 4.68 Å². The molecular weight excluding hydrogens is 262 g/mol. The van der Waals surface area contributed by atoms with Gasteiger partial charge in [-0.15, -0.1) is 5.10 Å². The molecule has 0 bridgehead atoms. The van der Waals surface area contributed by atoms with Gasteiger partial charge in [-0.05, 0) is 42.0 Å². The maximum absolute atomic E-state index is 6.04. The second-order valence-corrected chi connectivity index (χ2v) is 5.59. The highest BCUT2D eigenvalue weighted by Gasteiger charge is 2.07. The molecule has 2 aromatic heterocycles. The van der Waals surface area contributed by atoms with E-state index in [4.69, 9.17) is 5.73 Å². The molecule has 0 radical (unpaired) electrons. The Hall–Kier alpha value is -2.14. The van der Waals surface area contributed by atoms with Crippen molar-refractivity contribution in [1.29, 1.82) is 0 Å². The van der Waals surface area contributed by atoms with Crippen LogP contribution in [0.15, 0.2) is 36.7 Å². The van der Waals surface area contributed by atoms with E-state index >= 15 is 0 Å². The first kappa shape index (κ1) is 13.8. The number of rotatable bonds is 5. The number of aromatic nitrogens is 4. The second-order valence-electron chi connectivity index (χ2n) is 5.59. The molecule has 0 aliphatic rings. The van der Waals surface area contributed by atoms with Crippen LogP contribution < -0.4 is 5.73 Å². The molecule has 1 aromatic carbocycles. The van der Waals surface area contributed by atoms with Gasteiger partial charge in [0, 0.05) is 31.0 Å². The predicted molar refractivity (Wildman–Crippen MR) is 84.0 cm³/mol. The normalized spacial score (nSPS) is 12.9. The molecule has 1 atom stereocenters. The quantitative estimate of drug-likeness (QED) is 0.780. The van der Waals surface area contributed by atoms with Gasteiger partial charge in [0.2, 0.25) is 0 Å². The van der Waals surface area contributed by atoms with Gasteiger partial charge in [-0.3, -0.25) is 4.68 Å². The van der Waals surface area contributed by atoms with E-state index in [2.05, 4.69) is 52.3 Å². The molecule has 0 aliphatic heterocycles. The summed E-state index contributed by atoms with van der Waals surface area (Å²) in [5, 5.41) is 9.36. The highest BCUT2D eigenvalue weighted by molar-refractivity contribution is 5.81. The minimum atomic E-state index is 0.240. The Bertz CT molecular complexity index is 740. The molecule has 0 fully saturated rings. The smallest absolute Gasteiger partial charge is 0.102 e. The molecule has 0 aliphatic carbocycles. The number of hydrogen-bond donors (Lipinski definition) is 1. The first-order valence-corrected chi connectivity index (χ1v) is 7.34. The highest BCUT2D eigenvalue weighted by Crippen LogP contribution is 2.19. The molecule has 3 aromatic rings. The molecule has 0 spiro atoms. The van der Waals surface area contributed by atoms with Gasteiger partial charge in [0.25, 0.3) is 0 Å². The minimum Gasteiger partial charge on any atom is -0.341 e. The zero-order valence-corrected chi connectivity index (χ0v) is 12.5. The Morgan fingerprint density at radius 1 is 1.29 bits per heavy atom. The number of nitrogens with zero attached hydrogens (tertiary/aromatic N) is 4. The van der Waals surface area contributed by atoms with Crippen molar-refractivity contribution in [3.8, 4) is 0 Å². The van der Waals surface area contributed by atoms with E-state index in [-0.39, 0.29) is 6.04 Å². The number of benzene rings is 1. The Kier molecular flexibility index (Phi) is 3.75. The molecule has 0 amide bonds. The zero-order valence-electron chi connectivity index (χ0n) is 12.5.